The first-order valence-corrected chi connectivity index (χ1v) is 5.53. The van der Waals surface area contributed by atoms with Crippen LogP contribution in [0.5, 0.6) is 0 Å². The highest BCUT2D eigenvalue weighted by Gasteiger charge is 2.18. The van der Waals surface area contributed by atoms with Crippen molar-refractivity contribution in [3.05, 3.63) is 42.0 Å². The van der Waals surface area contributed by atoms with Crippen molar-refractivity contribution in [2.45, 2.75) is 13.8 Å². The van der Waals surface area contributed by atoms with Crippen molar-refractivity contribution in [2.24, 2.45) is 10.9 Å². The average molecular weight is 213 g/mol. The highest BCUT2D eigenvalue weighted by molar-refractivity contribution is 6.46. The van der Waals surface area contributed by atoms with Gasteiger partial charge in [-0.25, -0.2) is 0 Å². The Morgan fingerprint density at radius 1 is 1.25 bits per heavy atom. The minimum absolute atomic E-state index is 0.0186. The number of carbonyl (C=O) groups excluding carboxylic acids is 1. The van der Waals surface area contributed by atoms with Gasteiger partial charge >= 0.3 is 0 Å². The van der Waals surface area contributed by atoms with E-state index in [1.54, 1.807) is 0 Å². The fraction of sp³-hybridized carbons (Fsp3) is 0.286. The molecule has 0 fully saturated rings. The molecule has 0 N–H and O–H groups in total. The zero-order chi connectivity index (χ0) is 11.5. The number of Topliss-reactive ketones (excluding diaryl/α,β-unsaturated/α-hetero) is 1. The number of hydrogen-bond donors (Lipinski definition) is 0. The molecule has 0 aliphatic carbocycles. The minimum Gasteiger partial charge on any atom is -0.292 e. The number of rotatable bonds is 3. The molecule has 2 heteroatoms. The monoisotopic (exact) mass is 213 g/mol. The Morgan fingerprint density at radius 3 is 2.56 bits per heavy atom. The van der Waals surface area contributed by atoms with Crippen LogP contribution in [0.2, 0.25) is 0 Å². The summed E-state index contributed by atoms with van der Waals surface area (Å²) in [5, 5.41) is 0. The van der Waals surface area contributed by atoms with Gasteiger partial charge in [0.2, 0.25) is 0 Å². The van der Waals surface area contributed by atoms with E-state index in [1.165, 1.54) is 0 Å². The average Bonchev–Trinajstić information content (AvgIpc) is 2.78. The number of nitrogens with zero attached hydrogens (tertiary/aromatic N) is 1. The summed E-state index contributed by atoms with van der Waals surface area (Å²) in [6.45, 7) is 4.43. The topological polar surface area (TPSA) is 29.4 Å². The molecule has 2 nitrogen and oxygen atoms in total. The van der Waals surface area contributed by atoms with Gasteiger partial charge in [-0.2, -0.15) is 0 Å². The summed E-state index contributed by atoms with van der Waals surface area (Å²) in [5.41, 5.74) is 2.90. The molecular formula is C14H15NO. The highest BCUT2D eigenvalue weighted by atomic mass is 16.1. The normalized spacial score (nSPS) is 14.9. The van der Waals surface area contributed by atoms with Gasteiger partial charge in [0.1, 0.15) is 5.71 Å². The van der Waals surface area contributed by atoms with Crippen LogP contribution in [-0.2, 0) is 4.79 Å². The quantitative estimate of drug-likeness (QED) is 0.759. The van der Waals surface area contributed by atoms with Crippen LogP contribution in [0.1, 0.15) is 19.4 Å². The van der Waals surface area contributed by atoms with Crippen LogP contribution in [0.15, 0.2) is 41.4 Å². The molecule has 1 aromatic rings. The van der Waals surface area contributed by atoms with Gasteiger partial charge in [0, 0.05) is 5.92 Å². The smallest absolute Gasteiger partial charge is 0.183 e. The summed E-state index contributed by atoms with van der Waals surface area (Å²) in [6, 6.07) is 10.1. The van der Waals surface area contributed by atoms with Crippen LogP contribution in [0, 0.1) is 5.92 Å². The van der Waals surface area contributed by atoms with E-state index in [-0.39, 0.29) is 11.7 Å². The lowest BCUT2D eigenvalue weighted by atomic mass is 10.0. The van der Waals surface area contributed by atoms with E-state index in [2.05, 4.69) is 4.99 Å². The van der Waals surface area contributed by atoms with Crippen LogP contribution >= 0.6 is 0 Å². The zero-order valence-corrected chi connectivity index (χ0v) is 9.60. The summed E-state index contributed by atoms with van der Waals surface area (Å²) in [5.74, 6) is 0.149. The Morgan fingerprint density at radius 2 is 1.94 bits per heavy atom. The van der Waals surface area contributed by atoms with Gasteiger partial charge in [-0.05, 0) is 17.2 Å². The maximum absolute atomic E-state index is 11.7. The molecule has 16 heavy (non-hydrogen) atoms. The molecule has 1 heterocycles. The van der Waals surface area contributed by atoms with E-state index in [9.17, 15) is 4.79 Å². The lowest BCUT2D eigenvalue weighted by Gasteiger charge is -2.00. The summed E-state index contributed by atoms with van der Waals surface area (Å²) < 4.78 is 0. The van der Waals surface area contributed by atoms with E-state index in [4.69, 9.17) is 0 Å². The van der Waals surface area contributed by atoms with Crippen molar-refractivity contribution in [3.63, 3.8) is 0 Å². The molecule has 0 atom stereocenters. The second-order valence-corrected chi connectivity index (χ2v) is 4.26. The fourth-order valence-corrected chi connectivity index (χ4v) is 1.70. The molecule has 1 aliphatic rings. The summed E-state index contributed by atoms with van der Waals surface area (Å²) in [7, 11) is 0. The largest absolute Gasteiger partial charge is 0.292 e. The molecule has 0 spiro atoms. The number of benzene rings is 1. The van der Waals surface area contributed by atoms with E-state index in [0.29, 0.717) is 12.3 Å². The number of allylic oxidation sites excluding steroid dienone is 1. The highest BCUT2D eigenvalue weighted by Crippen LogP contribution is 2.19. The maximum Gasteiger partial charge on any atom is 0.183 e. The SMILES string of the molecule is CC(C)C(=O)C1=NCC(c2ccccc2)=C1. The molecule has 0 saturated heterocycles. The first-order chi connectivity index (χ1) is 7.68. The number of carbonyl (C=O) groups is 1. The minimum atomic E-state index is 0.0186. The first-order valence-electron chi connectivity index (χ1n) is 5.53. The molecule has 0 saturated carbocycles. The van der Waals surface area contributed by atoms with Crippen LogP contribution in [-0.4, -0.2) is 18.0 Å². The van der Waals surface area contributed by atoms with Crippen LogP contribution in [0.25, 0.3) is 5.57 Å². The lowest BCUT2D eigenvalue weighted by molar-refractivity contribution is -0.115. The molecule has 82 valence electrons. The zero-order valence-electron chi connectivity index (χ0n) is 9.60. The van der Waals surface area contributed by atoms with E-state index < -0.39 is 0 Å². The standard InChI is InChI=1S/C14H15NO/c1-10(2)14(16)13-8-12(9-15-13)11-6-4-3-5-7-11/h3-8,10H,9H2,1-2H3. The van der Waals surface area contributed by atoms with Crippen LogP contribution in [0.3, 0.4) is 0 Å². The van der Waals surface area contributed by atoms with Gasteiger partial charge in [-0.1, -0.05) is 44.2 Å². The second-order valence-electron chi connectivity index (χ2n) is 4.26. The summed E-state index contributed by atoms with van der Waals surface area (Å²) >= 11 is 0. The predicted molar refractivity (Wildman–Crippen MR) is 66.6 cm³/mol. The Kier molecular flexibility index (Phi) is 3.00. The van der Waals surface area contributed by atoms with Crippen LogP contribution in [0.4, 0.5) is 0 Å². The molecule has 0 amide bonds. The van der Waals surface area contributed by atoms with Gasteiger partial charge in [0.25, 0.3) is 0 Å². The Hall–Kier alpha value is -1.70. The molecule has 1 aromatic carbocycles. The second kappa shape index (κ2) is 4.44. The maximum atomic E-state index is 11.7. The van der Waals surface area contributed by atoms with E-state index in [0.717, 1.165) is 11.1 Å². The van der Waals surface area contributed by atoms with Gasteiger partial charge in [0.15, 0.2) is 5.78 Å². The first kappa shape index (κ1) is 10.8. The summed E-state index contributed by atoms with van der Waals surface area (Å²) in [6.07, 6.45) is 1.91. The predicted octanol–water partition coefficient (Wildman–Crippen LogP) is 2.75. The van der Waals surface area contributed by atoms with Crippen molar-refractivity contribution in [1.29, 1.82) is 0 Å². The molecule has 0 radical (unpaired) electrons. The van der Waals surface area contributed by atoms with Gasteiger partial charge in [-0.3, -0.25) is 9.79 Å². The van der Waals surface area contributed by atoms with Gasteiger partial charge < -0.3 is 0 Å². The lowest BCUT2D eigenvalue weighted by Crippen LogP contribution is -2.16. The Labute approximate surface area is 95.7 Å². The Bertz CT molecular complexity index is 455. The molecule has 0 bridgehead atoms. The van der Waals surface area contributed by atoms with Gasteiger partial charge in [0.05, 0.1) is 6.54 Å². The molecule has 0 aromatic heterocycles. The van der Waals surface area contributed by atoms with Crippen molar-refractivity contribution < 1.29 is 4.79 Å². The third-order valence-corrected chi connectivity index (χ3v) is 2.65. The van der Waals surface area contributed by atoms with E-state index >= 15 is 0 Å². The molecular weight excluding hydrogens is 198 g/mol. The Balaban J connectivity index is 2.20. The van der Waals surface area contributed by atoms with Crippen molar-refractivity contribution in [1.82, 2.24) is 0 Å². The number of hydrogen-bond acceptors (Lipinski definition) is 2. The number of aliphatic imine (C=N–C) groups is 1. The van der Waals surface area contributed by atoms with E-state index in [1.807, 2.05) is 50.3 Å². The summed E-state index contributed by atoms with van der Waals surface area (Å²) in [4.78, 5) is 16.0. The molecule has 0 unspecified atom stereocenters. The van der Waals surface area contributed by atoms with Crippen molar-refractivity contribution in [3.8, 4) is 0 Å². The van der Waals surface area contributed by atoms with Crippen molar-refractivity contribution in [2.75, 3.05) is 6.54 Å². The molecule has 2 rings (SSSR count). The third kappa shape index (κ3) is 2.11. The molecule has 1 aliphatic heterocycles. The van der Waals surface area contributed by atoms with Crippen LogP contribution < -0.4 is 0 Å². The number of ketones is 1. The van der Waals surface area contributed by atoms with Crippen molar-refractivity contribution >= 4 is 17.1 Å². The fourth-order valence-electron chi connectivity index (χ4n) is 1.70. The van der Waals surface area contributed by atoms with Gasteiger partial charge in [-0.15, -0.1) is 0 Å². The third-order valence-electron chi connectivity index (χ3n) is 2.65.